The molecule has 25 heavy (non-hydrogen) atoms. The van der Waals surface area contributed by atoms with Gasteiger partial charge in [0.25, 0.3) is 11.8 Å². The summed E-state index contributed by atoms with van der Waals surface area (Å²) in [5, 5.41) is 0.670. The summed E-state index contributed by atoms with van der Waals surface area (Å²) in [4.78, 5) is 25.3. The summed E-state index contributed by atoms with van der Waals surface area (Å²) in [7, 11) is 1.56. The van der Waals surface area contributed by atoms with E-state index < -0.39 is 5.91 Å². The van der Waals surface area contributed by atoms with E-state index in [1.807, 2.05) is 12.1 Å². The number of hydrogen-bond donors (Lipinski definition) is 2. The molecule has 0 radical (unpaired) electrons. The van der Waals surface area contributed by atoms with Gasteiger partial charge < -0.3 is 4.74 Å². The van der Waals surface area contributed by atoms with Crippen LogP contribution in [0.1, 0.15) is 26.4 Å². The highest BCUT2D eigenvalue weighted by Gasteiger charge is 2.23. The Hall–Kier alpha value is -2.64. The van der Waals surface area contributed by atoms with Crippen molar-refractivity contribution in [3.05, 3.63) is 63.8 Å². The van der Waals surface area contributed by atoms with Crippen molar-refractivity contribution in [1.29, 1.82) is 0 Å². The first kappa shape index (κ1) is 17.2. The van der Waals surface area contributed by atoms with E-state index in [9.17, 15) is 9.59 Å². The zero-order chi connectivity index (χ0) is 18.1. The minimum atomic E-state index is -0.434. The largest absolute Gasteiger partial charge is 0.496 e. The van der Waals surface area contributed by atoms with Crippen LogP contribution in [0.5, 0.6) is 5.75 Å². The van der Waals surface area contributed by atoms with Crippen molar-refractivity contribution in [2.24, 2.45) is 5.84 Å². The van der Waals surface area contributed by atoms with Crippen molar-refractivity contribution in [3.8, 4) is 5.75 Å². The maximum Gasteiger partial charge on any atom is 0.267 e. The number of aromatic nitrogens is 1. The van der Waals surface area contributed by atoms with Crippen molar-refractivity contribution in [2.75, 3.05) is 7.11 Å². The fraction of sp³-hybridized carbons (Fsp3) is 0.111. The minimum absolute atomic E-state index is 0.242. The molecular weight excluding hydrogens is 386 g/mol. The van der Waals surface area contributed by atoms with E-state index in [1.165, 1.54) is 4.57 Å². The molecule has 0 aliphatic heterocycles. The average molecular weight is 402 g/mol. The van der Waals surface area contributed by atoms with Crippen molar-refractivity contribution in [3.63, 3.8) is 0 Å². The zero-order valence-corrected chi connectivity index (χ0v) is 15.3. The topological polar surface area (TPSA) is 86.3 Å². The quantitative estimate of drug-likeness (QED) is 0.401. The van der Waals surface area contributed by atoms with Gasteiger partial charge in [0.15, 0.2) is 0 Å². The molecule has 0 atom stereocenters. The van der Waals surface area contributed by atoms with Gasteiger partial charge in [-0.3, -0.25) is 19.6 Å². The number of nitrogen functional groups attached to an aromatic ring is 1. The number of nitrogens with two attached hydrogens (primary N) is 1. The van der Waals surface area contributed by atoms with Crippen LogP contribution in [0.2, 0.25) is 0 Å². The lowest BCUT2D eigenvalue weighted by Gasteiger charge is -2.09. The highest BCUT2D eigenvalue weighted by Crippen LogP contribution is 2.29. The summed E-state index contributed by atoms with van der Waals surface area (Å²) in [6.07, 6.45) is 0. The molecule has 0 unspecified atom stereocenters. The van der Waals surface area contributed by atoms with Crippen LogP contribution in [0.3, 0.4) is 0 Å². The number of rotatable bonds is 3. The summed E-state index contributed by atoms with van der Waals surface area (Å²) in [5.41, 5.74) is 4.18. The van der Waals surface area contributed by atoms with E-state index in [0.29, 0.717) is 37.9 Å². The van der Waals surface area contributed by atoms with Gasteiger partial charge in [-0.15, -0.1) is 0 Å². The van der Waals surface area contributed by atoms with Crippen molar-refractivity contribution in [2.45, 2.75) is 6.92 Å². The maximum atomic E-state index is 13.1. The normalized spacial score (nSPS) is 10.7. The number of amides is 1. The molecular formula is C18H16BrN3O3. The van der Waals surface area contributed by atoms with Crippen LogP contribution >= 0.6 is 15.9 Å². The second-order valence-corrected chi connectivity index (χ2v) is 6.30. The molecule has 0 aliphatic carbocycles. The fourth-order valence-electron chi connectivity index (χ4n) is 2.92. The van der Waals surface area contributed by atoms with Crippen LogP contribution in [-0.2, 0) is 0 Å². The van der Waals surface area contributed by atoms with Crippen molar-refractivity contribution >= 4 is 38.6 Å². The van der Waals surface area contributed by atoms with E-state index in [4.69, 9.17) is 10.6 Å². The lowest BCUT2D eigenvalue weighted by atomic mass is 10.1. The van der Waals surface area contributed by atoms with E-state index >= 15 is 0 Å². The van der Waals surface area contributed by atoms with Gasteiger partial charge in [-0.25, -0.2) is 5.84 Å². The summed E-state index contributed by atoms with van der Waals surface area (Å²) < 4.78 is 7.40. The molecule has 0 saturated heterocycles. The molecule has 3 aromatic rings. The number of nitrogens with one attached hydrogen (secondary N) is 1. The highest BCUT2D eigenvalue weighted by atomic mass is 79.9. The van der Waals surface area contributed by atoms with Gasteiger partial charge >= 0.3 is 0 Å². The second kappa shape index (κ2) is 6.70. The number of para-hydroxylation sites is 1. The van der Waals surface area contributed by atoms with Gasteiger partial charge in [-0.05, 0) is 47.1 Å². The third-order valence-electron chi connectivity index (χ3n) is 4.07. The van der Waals surface area contributed by atoms with Gasteiger partial charge in [0.2, 0.25) is 0 Å². The van der Waals surface area contributed by atoms with Gasteiger partial charge in [-0.1, -0.05) is 18.2 Å². The predicted octanol–water partition coefficient (Wildman–Crippen LogP) is 3.01. The molecule has 0 fully saturated rings. The molecule has 3 rings (SSSR count). The second-order valence-electron chi connectivity index (χ2n) is 5.44. The van der Waals surface area contributed by atoms with Gasteiger partial charge in [0, 0.05) is 16.6 Å². The van der Waals surface area contributed by atoms with Gasteiger partial charge in [-0.2, -0.15) is 0 Å². The maximum absolute atomic E-state index is 13.1. The Labute approximate surface area is 152 Å². The number of ether oxygens (including phenoxy) is 1. The number of nitrogens with zero attached hydrogens (tertiary/aromatic N) is 1. The van der Waals surface area contributed by atoms with Crippen LogP contribution in [0, 0.1) is 6.92 Å². The monoisotopic (exact) mass is 401 g/mol. The highest BCUT2D eigenvalue weighted by molar-refractivity contribution is 9.10. The first-order valence-corrected chi connectivity index (χ1v) is 8.28. The number of fused-ring (bicyclic) bond motifs is 1. The standard InChI is InChI=1S/C18H16BrN3O3/c1-10-16(17(23)21-20)12-5-3-4-6-14(12)22(10)18(24)11-7-8-15(25-2)13(19)9-11/h3-9H,20H2,1-2H3,(H,21,23). The first-order chi connectivity index (χ1) is 12.0. The Kier molecular flexibility index (Phi) is 4.61. The van der Waals surface area contributed by atoms with Crippen LogP contribution in [0.15, 0.2) is 46.9 Å². The Bertz CT molecular complexity index is 995. The smallest absolute Gasteiger partial charge is 0.267 e. The van der Waals surface area contributed by atoms with Gasteiger partial charge in [0.1, 0.15) is 5.75 Å². The minimum Gasteiger partial charge on any atom is -0.496 e. The Morgan fingerprint density at radius 2 is 1.92 bits per heavy atom. The molecule has 0 spiro atoms. The molecule has 3 N–H and O–H groups in total. The third kappa shape index (κ3) is 2.81. The molecule has 2 aromatic carbocycles. The molecule has 0 aliphatic rings. The summed E-state index contributed by atoms with van der Waals surface area (Å²) in [5.74, 6) is 5.26. The number of hydrogen-bond acceptors (Lipinski definition) is 4. The fourth-order valence-corrected chi connectivity index (χ4v) is 3.46. The summed E-state index contributed by atoms with van der Waals surface area (Å²) in [6.45, 7) is 1.72. The van der Waals surface area contributed by atoms with E-state index in [0.717, 1.165) is 0 Å². The Morgan fingerprint density at radius 1 is 1.20 bits per heavy atom. The SMILES string of the molecule is COc1ccc(C(=O)n2c(C)c(C(=O)NN)c3ccccc32)cc1Br. The third-order valence-corrected chi connectivity index (χ3v) is 4.69. The Balaban J connectivity index is 2.22. The molecule has 128 valence electrons. The van der Waals surface area contributed by atoms with Crippen LogP contribution in [0.4, 0.5) is 0 Å². The van der Waals surface area contributed by atoms with Crippen molar-refractivity contribution in [1.82, 2.24) is 9.99 Å². The molecule has 0 bridgehead atoms. The van der Waals surface area contributed by atoms with Crippen molar-refractivity contribution < 1.29 is 14.3 Å². The number of benzene rings is 2. The lowest BCUT2D eigenvalue weighted by Crippen LogP contribution is -2.30. The molecule has 0 saturated carbocycles. The molecule has 6 nitrogen and oxygen atoms in total. The van der Waals surface area contributed by atoms with E-state index in [-0.39, 0.29) is 5.91 Å². The molecule has 7 heteroatoms. The lowest BCUT2D eigenvalue weighted by molar-refractivity contribution is 0.0954. The summed E-state index contributed by atoms with van der Waals surface area (Å²) >= 11 is 3.39. The molecule has 1 heterocycles. The number of carbonyl (C=O) groups excluding carboxylic acids is 2. The van der Waals surface area contributed by atoms with Crippen LogP contribution in [0.25, 0.3) is 10.9 Å². The van der Waals surface area contributed by atoms with E-state index in [2.05, 4.69) is 21.4 Å². The average Bonchev–Trinajstić information content (AvgIpc) is 2.92. The zero-order valence-electron chi connectivity index (χ0n) is 13.7. The first-order valence-electron chi connectivity index (χ1n) is 7.48. The molecule has 1 amide bonds. The number of carbonyl (C=O) groups is 2. The number of hydrazine groups is 1. The predicted molar refractivity (Wildman–Crippen MR) is 98.8 cm³/mol. The van der Waals surface area contributed by atoms with Crippen LogP contribution in [-0.4, -0.2) is 23.5 Å². The van der Waals surface area contributed by atoms with Crippen LogP contribution < -0.4 is 16.0 Å². The Morgan fingerprint density at radius 3 is 2.56 bits per heavy atom. The number of methoxy groups -OCH3 is 1. The van der Waals surface area contributed by atoms with E-state index in [1.54, 1.807) is 44.4 Å². The van der Waals surface area contributed by atoms with Gasteiger partial charge in [0.05, 0.1) is 22.7 Å². The summed E-state index contributed by atoms with van der Waals surface area (Å²) in [6, 6.07) is 12.3. The number of halogens is 1. The molecule has 1 aromatic heterocycles.